The highest BCUT2D eigenvalue weighted by Gasteiger charge is 2.71. The monoisotopic (exact) mass is 1380 g/mol. The quantitative estimate of drug-likeness (QED) is 0.0330. The molecule has 0 spiro atoms. The Labute approximate surface area is 557 Å². The second-order valence-corrected chi connectivity index (χ2v) is 30.6. The van der Waals surface area contributed by atoms with Crippen LogP contribution in [0, 0.1) is 45.3 Å². The molecule has 6 aliphatic heterocycles. The van der Waals surface area contributed by atoms with Gasteiger partial charge in [-0.2, -0.15) is 0 Å². The van der Waals surface area contributed by atoms with E-state index in [0.717, 1.165) is 5.57 Å². The molecule has 0 aromatic carbocycles. The summed E-state index contributed by atoms with van der Waals surface area (Å²) in [6.45, 7) is 14.9. The molecule has 0 aromatic rings. The van der Waals surface area contributed by atoms with Crippen LogP contribution < -0.4 is 0 Å². The average molecular weight is 1390 g/mol. The van der Waals surface area contributed by atoms with Crippen LogP contribution in [0.1, 0.15) is 127 Å². The van der Waals surface area contributed by atoms with Gasteiger partial charge in [-0.05, 0) is 131 Å². The second kappa shape index (κ2) is 29.7. The molecule has 0 bridgehead atoms. The van der Waals surface area contributed by atoms with Gasteiger partial charge in [-0.3, -0.25) is 0 Å². The van der Waals surface area contributed by atoms with Crippen LogP contribution in [0.2, 0.25) is 0 Å². The Morgan fingerprint density at radius 3 is 1.67 bits per heavy atom. The summed E-state index contributed by atoms with van der Waals surface area (Å²) in [6.07, 6.45) is -42.8. The van der Waals surface area contributed by atoms with Crippen molar-refractivity contribution in [3.8, 4) is 0 Å². The molecule has 10 fully saturated rings. The third-order valence-corrected chi connectivity index (χ3v) is 24.6. The van der Waals surface area contributed by atoms with Crippen molar-refractivity contribution in [2.24, 2.45) is 45.3 Å². The molecule has 4 saturated carbocycles. The fourth-order valence-corrected chi connectivity index (χ4v) is 18.7. The van der Waals surface area contributed by atoms with Crippen LogP contribution in [0.5, 0.6) is 0 Å². The molecular weight excluding hydrogens is 1280 g/mol. The van der Waals surface area contributed by atoms with E-state index in [1.807, 2.05) is 19.9 Å². The molecule has 0 amide bonds. The largest absolute Gasteiger partial charge is 0.431 e. The molecule has 4 aliphatic carbocycles. The maximum absolute atomic E-state index is 15.5. The molecule has 0 radical (unpaired) electrons. The normalized spacial score (nSPS) is 52.7. The van der Waals surface area contributed by atoms with Gasteiger partial charge in [-0.25, -0.2) is 4.79 Å². The van der Waals surface area contributed by atoms with Gasteiger partial charge in [-0.1, -0.05) is 46.3 Å². The van der Waals surface area contributed by atoms with Gasteiger partial charge < -0.3 is 149 Å². The zero-order valence-corrected chi connectivity index (χ0v) is 56.0. The van der Waals surface area contributed by atoms with Gasteiger partial charge in [0.15, 0.2) is 43.2 Å². The molecular formula is C65H108O31. The molecule has 31 nitrogen and oxygen atoms in total. The lowest BCUT2D eigenvalue weighted by molar-refractivity contribution is -0.395. The van der Waals surface area contributed by atoms with E-state index in [2.05, 4.69) is 34.6 Å². The number of carbonyl (C=O) groups excluding carboxylic acids is 1. The van der Waals surface area contributed by atoms with Crippen LogP contribution >= 0.6 is 0 Å². The van der Waals surface area contributed by atoms with Crippen molar-refractivity contribution >= 4 is 5.97 Å². The lowest BCUT2D eigenvalue weighted by atomic mass is 9.35. The minimum absolute atomic E-state index is 0.0240. The maximum Gasteiger partial charge on any atom is 0.340 e. The molecule has 554 valence electrons. The van der Waals surface area contributed by atoms with Gasteiger partial charge in [-0.15, -0.1) is 0 Å². The highest BCUT2D eigenvalue weighted by atomic mass is 16.8. The molecule has 38 unspecified atom stereocenters. The summed E-state index contributed by atoms with van der Waals surface area (Å²) in [5.74, 6) is -2.14. The first-order valence-corrected chi connectivity index (χ1v) is 34.1. The summed E-state index contributed by atoms with van der Waals surface area (Å²) in [7, 11) is 0. The van der Waals surface area contributed by atoms with Gasteiger partial charge in [0.1, 0.15) is 122 Å². The van der Waals surface area contributed by atoms with Crippen molar-refractivity contribution in [1.82, 2.24) is 0 Å². The Balaban J connectivity index is 0.902. The van der Waals surface area contributed by atoms with Crippen molar-refractivity contribution < 1.29 is 154 Å². The smallest absolute Gasteiger partial charge is 0.340 e. The van der Waals surface area contributed by atoms with Crippen molar-refractivity contribution in [3.05, 3.63) is 11.6 Å². The summed E-state index contributed by atoms with van der Waals surface area (Å²) < 4.78 is 72.7. The van der Waals surface area contributed by atoms with E-state index in [1.165, 1.54) is 13.8 Å². The Morgan fingerprint density at radius 2 is 1.03 bits per heavy atom. The van der Waals surface area contributed by atoms with E-state index in [9.17, 15) is 91.9 Å². The molecule has 18 N–H and O–H groups in total. The molecule has 38 atom stereocenters. The first-order chi connectivity index (χ1) is 45.0. The number of hydrogen-bond donors (Lipinski definition) is 18. The number of allylic oxidation sites excluding steroid dienone is 2. The third-order valence-electron chi connectivity index (χ3n) is 24.6. The Bertz CT molecular complexity index is 2620. The summed E-state index contributed by atoms with van der Waals surface area (Å²) in [5, 5.41) is 198. The number of carbonyl (C=O) groups is 1. The SMILES string of the molecule is CC(C)=CCCC(O)(C(=O)OC1OC(COC2OC(C)C(O)C(O)C2O)C(O)C(O)C1OC1OC(CO)C(O)C(O)C1O)C1CCC2(C)C1CCC1C3(C)CCC(OC4OC(CO)C(O)C(OC5OCC(O)C(O)C5O)C4OC4OC(C)C(O)C(O)C4O)C(C)(C)C3CCC12C. The molecule has 31 heteroatoms. The number of aliphatic hydroxyl groups excluding tert-OH is 17. The van der Waals surface area contributed by atoms with Crippen molar-refractivity contribution in [3.63, 3.8) is 0 Å². The minimum atomic E-state index is -2.27. The van der Waals surface area contributed by atoms with Gasteiger partial charge in [0, 0.05) is 5.92 Å². The maximum atomic E-state index is 15.5. The van der Waals surface area contributed by atoms with Gasteiger partial charge >= 0.3 is 5.97 Å². The third kappa shape index (κ3) is 13.8. The zero-order chi connectivity index (χ0) is 70.4. The molecule has 10 aliphatic rings. The highest BCUT2D eigenvalue weighted by Crippen LogP contribution is 2.76. The van der Waals surface area contributed by atoms with E-state index < -0.39 is 244 Å². The van der Waals surface area contributed by atoms with Crippen molar-refractivity contribution in [1.29, 1.82) is 0 Å². The molecule has 6 heterocycles. The summed E-state index contributed by atoms with van der Waals surface area (Å²) in [5.41, 5.74) is -3.29. The molecule has 10 rings (SSSR count). The number of rotatable bonds is 19. The van der Waals surface area contributed by atoms with E-state index in [4.69, 9.17) is 56.8 Å². The topological polar surface area (TPSA) is 492 Å². The fourth-order valence-electron chi connectivity index (χ4n) is 18.7. The van der Waals surface area contributed by atoms with Gasteiger partial charge in [0.2, 0.25) is 6.29 Å². The van der Waals surface area contributed by atoms with Gasteiger partial charge in [0.25, 0.3) is 0 Å². The number of hydrogen-bond acceptors (Lipinski definition) is 31. The highest BCUT2D eigenvalue weighted by molar-refractivity contribution is 5.80. The number of fused-ring (bicyclic) bond motifs is 5. The second-order valence-electron chi connectivity index (χ2n) is 30.6. The van der Waals surface area contributed by atoms with E-state index in [1.54, 1.807) is 0 Å². The lowest BCUT2D eigenvalue weighted by Gasteiger charge is -2.70. The Kier molecular flexibility index (Phi) is 23.7. The average Bonchev–Trinajstić information content (AvgIpc) is 1.26. The molecule has 96 heavy (non-hydrogen) atoms. The first kappa shape index (κ1) is 76.7. The van der Waals surface area contributed by atoms with Crippen LogP contribution in [0.15, 0.2) is 11.6 Å². The predicted molar refractivity (Wildman–Crippen MR) is 323 cm³/mol. The van der Waals surface area contributed by atoms with E-state index in [0.29, 0.717) is 51.4 Å². The van der Waals surface area contributed by atoms with E-state index >= 15 is 4.79 Å². The Morgan fingerprint density at radius 1 is 0.500 bits per heavy atom. The van der Waals surface area contributed by atoms with Crippen LogP contribution in [0.4, 0.5) is 0 Å². The van der Waals surface area contributed by atoms with Crippen LogP contribution in [-0.4, -0.2) is 314 Å². The van der Waals surface area contributed by atoms with Gasteiger partial charge in [0.05, 0.1) is 44.7 Å². The summed E-state index contributed by atoms with van der Waals surface area (Å²) >= 11 is 0. The predicted octanol–water partition coefficient (Wildman–Crippen LogP) is -4.33. The van der Waals surface area contributed by atoms with Crippen molar-refractivity contribution in [2.45, 2.75) is 316 Å². The van der Waals surface area contributed by atoms with Crippen molar-refractivity contribution in [2.75, 3.05) is 26.4 Å². The standard InChI is InChI=1S/C65H108O31/c1-25(2)11-10-17-65(84,60(83)96-58-52(94-57-50(82)45(77)40(72)31(21-66)89-57)46(78)41(73)33(91-58)24-86-54-48(80)43(75)37(69)26(3)87-54)29-14-19-63(8)28(29)12-13-35-62(7)18-16-36(61(5,6)34(62)15-20-64(35,63)9)92-59-53(95-56-49(81)44(76)38(70)27(4)88-56)51(42(74)32(22-67)90-59)93-55-47(79)39(71)30(68)23-85-55/h11,26-59,66-82,84H,10,12-24H2,1-9H3. The first-order valence-electron chi connectivity index (χ1n) is 34.1. The summed E-state index contributed by atoms with van der Waals surface area (Å²) in [6, 6.07) is 0. The van der Waals surface area contributed by atoms with Crippen LogP contribution in [-0.2, 0) is 61.6 Å². The minimum Gasteiger partial charge on any atom is -0.431 e. The summed E-state index contributed by atoms with van der Waals surface area (Å²) in [4.78, 5) is 15.5. The zero-order valence-electron chi connectivity index (χ0n) is 56.0. The molecule has 0 aromatic heterocycles. The molecule has 6 saturated heterocycles. The van der Waals surface area contributed by atoms with E-state index in [-0.39, 0.29) is 36.0 Å². The Hall–Kier alpha value is -1.95. The number of esters is 1. The lowest BCUT2D eigenvalue weighted by Crippen LogP contribution is -2.68. The fraction of sp³-hybridized carbons (Fsp3) is 0.954. The van der Waals surface area contributed by atoms with Crippen LogP contribution in [0.25, 0.3) is 0 Å². The number of ether oxygens (including phenoxy) is 12. The van der Waals surface area contributed by atoms with Crippen LogP contribution in [0.3, 0.4) is 0 Å². The number of aliphatic hydroxyl groups is 18.